The molecule has 1 heterocycles. The number of carbonyl (C=O) groups is 1. The largest absolute Gasteiger partial charge is 0.326 e. The van der Waals surface area contributed by atoms with Crippen LogP contribution in [0, 0.1) is 12.8 Å². The van der Waals surface area contributed by atoms with Crippen LogP contribution in [0.5, 0.6) is 0 Å². The van der Waals surface area contributed by atoms with Gasteiger partial charge in [0.1, 0.15) is 0 Å². The van der Waals surface area contributed by atoms with E-state index >= 15 is 0 Å². The zero-order chi connectivity index (χ0) is 17.2. The first-order valence-corrected chi connectivity index (χ1v) is 8.47. The Morgan fingerprint density at radius 2 is 1.92 bits per heavy atom. The summed E-state index contributed by atoms with van der Waals surface area (Å²) in [4.78, 5) is 12.6. The van der Waals surface area contributed by atoms with Crippen LogP contribution >= 0.6 is 0 Å². The summed E-state index contributed by atoms with van der Waals surface area (Å²) in [5.41, 5.74) is 4.94. The first-order valence-electron chi connectivity index (χ1n) is 8.47. The maximum absolute atomic E-state index is 12.6. The molecule has 0 bridgehead atoms. The van der Waals surface area contributed by atoms with E-state index in [-0.39, 0.29) is 11.8 Å². The number of hydrogen-bond acceptors (Lipinski definition) is 3. The van der Waals surface area contributed by atoms with E-state index < -0.39 is 0 Å². The zero-order valence-electron chi connectivity index (χ0n) is 14.0. The van der Waals surface area contributed by atoms with E-state index in [1.807, 2.05) is 55.5 Å². The van der Waals surface area contributed by atoms with Crippen molar-refractivity contribution in [3.8, 4) is 11.3 Å². The van der Waals surface area contributed by atoms with Gasteiger partial charge in [-0.25, -0.2) is 0 Å². The number of hydrogen-bond donors (Lipinski definition) is 1. The Balaban J connectivity index is 1.49. The quantitative estimate of drug-likeness (QED) is 0.780. The normalized spacial score (nSPS) is 18.6. The fraction of sp³-hybridized carbons (Fsp3) is 0.190. The smallest absolute Gasteiger partial charge is 0.228 e. The number of aromatic nitrogens is 2. The lowest BCUT2D eigenvalue weighted by Gasteiger charge is -2.10. The molecule has 0 spiro atoms. The van der Waals surface area contributed by atoms with Crippen molar-refractivity contribution in [3.63, 3.8) is 0 Å². The van der Waals surface area contributed by atoms with Crippen molar-refractivity contribution in [1.29, 1.82) is 0 Å². The van der Waals surface area contributed by atoms with Crippen LogP contribution in [0.25, 0.3) is 11.3 Å². The molecule has 2 aromatic carbocycles. The van der Waals surface area contributed by atoms with Crippen LogP contribution in [0.15, 0.2) is 66.9 Å². The minimum atomic E-state index is 0.0590. The fourth-order valence-corrected chi connectivity index (χ4v) is 3.21. The second kappa shape index (κ2) is 6.48. The van der Waals surface area contributed by atoms with E-state index in [2.05, 4.69) is 27.6 Å². The van der Waals surface area contributed by atoms with Gasteiger partial charge in [-0.1, -0.05) is 36.4 Å². The van der Waals surface area contributed by atoms with Gasteiger partial charge in [-0.15, -0.1) is 0 Å². The SMILES string of the molecule is Cc1ccc(NC(=O)[C@@H]2C[C@H]2c2ccccc2)cc1-c1cccnn1. The van der Waals surface area contributed by atoms with Gasteiger partial charge in [-0.2, -0.15) is 10.2 Å². The van der Waals surface area contributed by atoms with Crippen molar-refractivity contribution in [2.75, 3.05) is 5.32 Å². The fourth-order valence-electron chi connectivity index (χ4n) is 3.21. The minimum absolute atomic E-state index is 0.0590. The van der Waals surface area contributed by atoms with Gasteiger partial charge in [0.15, 0.2) is 0 Å². The highest BCUT2D eigenvalue weighted by Crippen LogP contribution is 2.47. The molecule has 25 heavy (non-hydrogen) atoms. The van der Waals surface area contributed by atoms with Crippen molar-refractivity contribution in [2.45, 2.75) is 19.3 Å². The molecule has 0 aliphatic heterocycles. The van der Waals surface area contributed by atoms with E-state index in [4.69, 9.17) is 0 Å². The third kappa shape index (κ3) is 3.29. The Kier molecular flexibility index (Phi) is 4.02. The van der Waals surface area contributed by atoms with Gasteiger partial charge in [-0.3, -0.25) is 4.79 Å². The molecule has 2 atom stereocenters. The van der Waals surface area contributed by atoms with E-state index in [1.54, 1.807) is 6.20 Å². The number of nitrogens with one attached hydrogen (secondary N) is 1. The summed E-state index contributed by atoms with van der Waals surface area (Å²) in [5.74, 6) is 0.484. The Hall–Kier alpha value is -3.01. The molecule has 0 radical (unpaired) electrons. The average molecular weight is 329 g/mol. The monoisotopic (exact) mass is 329 g/mol. The van der Waals surface area contributed by atoms with Gasteiger partial charge in [0.2, 0.25) is 5.91 Å². The molecule has 1 amide bonds. The number of anilines is 1. The molecular formula is C21H19N3O. The number of rotatable bonds is 4. The summed E-state index contributed by atoms with van der Waals surface area (Å²) in [6.07, 6.45) is 2.57. The molecule has 1 fully saturated rings. The Labute approximate surface area is 146 Å². The zero-order valence-corrected chi connectivity index (χ0v) is 14.0. The first kappa shape index (κ1) is 15.5. The molecule has 1 saturated carbocycles. The van der Waals surface area contributed by atoms with E-state index in [1.165, 1.54) is 5.56 Å². The molecule has 1 aliphatic carbocycles. The third-order valence-corrected chi connectivity index (χ3v) is 4.71. The summed E-state index contributed by atoms with van der Waals surface area (Å²) in [5, 5.41) is 11.2. The summed E-state index contributed by atoms with van der Waals surface area (Å²) in [7, 11) is 0. The summed E-state index contributed by atoms with van der Waals surface area (Å²) < 4.78 is 0. The Bertz CT molecular complexity index is 894. The number of amides is 1. The molecule has 1 aromatic heterocycles. The predicted molar refractivity (Wildman–Crippen MR) is 98.1 cm³/mol. The van der Waals surface area contributed by atoms with Gasteiger partial charge >= 0.3 is 0 Å². The molecular weight excluding hydrogens is 310 g/mol. The van der Waals surface area contributed by atoms with Crippen molar-refractivity contribution in [1.82, 2.24) is 10.2 Å². The van der Waals surface area contributed by atoms with Crippen molar-refractivity contribution < 1.29 is 4.79 Å². The van der Waals surface area contributed by atoms with E-state index in [0.717, 1.165) is 28.9 Å². The molecule has 1 aliphatic rings. The van der Waals surface area contributed by atoms with Crippen LogP contribution in [-0.4, -0.2) is 16.1 Å². The molecule has 4 heteroatoms. The standard InChI is InChI=1S/C21H19N3O/c1-14-9-10-16(12-17(14)20-8-5-11-22-24-20)23-21(25)19-13-18(19)15-6-3-2-4-7-15/h2-12,18-19H,13H2,1H3,(H,23,25)/t18-,19+/m0/s1. The second-order valence-corrected chi connectivity index (χ2v) is 6.49. The first-order chi connectivity index (χ1) is 12.2. The predicted octanol–water partition coefficient (Wildman–Crippen LogP) is 4.19. The van der Waals surface area contributed by atoms with Gasteiger partial charge < -0.3 is 5.32 Å². The van der Waals surface area contributed by atoms with Crippen molar-refractivity contribution in [3.05, 3.63) is 78.0 Å². The second-order valence-electron chi connectivity index (χ2n) is 6.49. The highest BCUT2D eigenvalue weighted by molar-refractivity contribution is 5.95. The molecule has 0 saturated heterocycles. The number of aryl methyl sites for hydroxylation is 1. The lowest BCUT2D eigenvalue weighted by Crippen LogP contribution is -2.14. The van der Waals surface area contributed by atoms with Crippen LogP contribution < -0.4 is 5.32 Å². The number of nitrogens with zero attached hydrogens (tertiary/aromatic N) is 2. The van der Waals surface area contributed by atoms with Gasteiger partial charge in [0.05, 0.1) is 5.69 Å². The van der Waals surface area contributed by atoms with E-state index in [9.17, 15) is 4.79 Å². The lowest BCUT2D eigenvalue weighted by molar-refractivity contribution is -0.117. The van der Waals surface area contributed by atoms with Gasteiger partial charge in [-0.05, 0) is 54.7 Å². The van der Waals surface area contributed by atoms with Crippen molar-refractivity contribution >= 4 is 11.6 Å². The molecule has 3 aromatic rings. The average Bonchev–Trinajstić information content (AvgIpc) is 3.46. The number of benzene rings is 2. The topological polar surface area (TPSA) is 54.9 Å². The number of carbonyl (C=O) groups excluding carboxylic acids is 1. The van der Waals surface area contributed by atoms with E-state index in [0.29, 0.717) is 5.92 Å². The third-order valence-electron chi connectivity index (χ3n) is 4.71. The highest BCUT2D eigenvalue weighted by atomic mass is 16.2. The van der Waals surface area contributed by atoms with Crippen LogP contribution in [0.4, 0.5) is 5.69 Å². The minimum Gasteiger partial charge on any atom is -0.326 e. The molecule has 4 nitrogen and oxygen atoms in total. The summed E-state index contributed by atoms with van der Waals surface area (Å²) in [6.45, 7) is 2.03. The molecule has 0 unspecified atom stereocenters. The highest BCUT2D eigenvalue weighted by Gasteiger charge is 2.43. The van der Waals surface area contributed by atoms with Crippen LogP contribution in [0.3, 0.4) is 0 Å². The molecule has 1 N–H and O–H groups in total. The Morgan fingerprint density at radius 3 is 2.68 bits per heavy atom. The maximum atomic E-state index is 12.6. The van der Waals surface area contributed by atoms with Crippen LogP contribution in [-0.2, 0) is 4.79 Å². The summed E-state index contributed by atoms with van der Waals surface area (Å²) in [6, 6.07) is 19.9. The molecule has 124 valence electrons. The van der Waals surface area contributed by atoms with Crippen LogP contribution in [0.2, 0.25) is 0 Å². The molecule has 4 rings (SSSR count). The van der Waals surface area contributed by atoms with Crippen molar-refractivity contribution in [2.24, 2.45) is 5.92 Å². The summed E-state index contributed by atoms with van der Waals surface area (Å²) >= 11 is 0. The van der Waals surface area contributed by atoms with Gasteiger partial charge in [0.25, 0.3) is 0 Å². The van der Waals surface area contributed by atoms with Gasteiger partial charge in [0, 0.05) is 23.4 Å². The maximum Gasteiger partial charge on any atom is 0.228 e. The Morgan fingerprint density at radius 1 is 1.08 bits per heavy atom. The van der Waals surface area contributed by atoms with Crippen LogP contribution in [0.1, 0.15) is 23.5 Å². The lowest BCUT2D eigenvalue weighted by atomic mass is 10.0.